The van der Waals surface area contributed by atoms with Crippen molar-refractivity contribution >= 4 is 28.9 Å². The zero-order valence-corrected chi connectivity index (χ0v) is 16.4. The summed E-state index contributed by atoms with van der Waals surface area (Å²) in [5, 5.41) is 8.48. The highest BCUT2D eigenvalue weighted by Crippen LogP contribution is 2.18. The Hall–Kier alpha value is -3.87. The van der Waals surface area contributed by atoms with Crippen molar-refractivity contribution in [3.05, 3.63) is 84.2 Å². The van der Waals surface area contributed by atoms with E-state index in [9.17, 15) is 14.0 Å². The van der Waals surface area contributed by atoms with E-state index in [4.69, 9.17) is 4.74 Å². The van der Waals surface area contributed by atoms with Crippen LogP contribution in [0.4, 0.5) is 21.5 Å². The van der Waals surface area contributed by atoms with Crippen LogP contribution in [-0.4, -0.2) is 25.0 Å². The number of carbonyl (C=O) groups excluding carboxylic acids is 2. The van der Waals surface area contributed by atoms with Gasteiger partial charge in [-0.15, -0.1) is 0 Å². The highest BCUT2D eigenvalue weighted by Gasteiger charge is 2.12. The van der Waals surface area contributed by atoms with Crippen molar-refractivity contribution in [3.8, 4) is 5.75 Å². The van der Waals surface area contributed by atoms with Crippen LogP contribution in [0.5, 0.6) is 5.75 Å². The molecule has 0 unspecified atom stereocenters. The highest BCUT2D eigenvalue weighted by molar-refractivity contribution is 6.08. The van der Waals surface area contributed by atoms with Gasteiger partial charge in [0.25, 0.3) is 5.91 Å². The van der Waals surface area contributed by atoms with Gasteiger partial charge in [0.1, 0.15) is 11.6 Å². The van der Waals surface area contributed by atoms with Gasteiger partial charge in [-0.1, -0.05) is 12.1 Å². The van der Waals surface area contributed by atoms with Gasteiger partial charge in [0.2, 0.25) is 5.91 Å². The molecule has 154 valence electrons. The van der Waals surface area contributed by atoms with E-state index in [1.165, 1.54) is 24.3 Å². The molecule has 0 spiro atoms. The predicted octanol–water partition coefficient (Wildman–Crippen LogP) is 4.53. The maximum Gasteiger partial charge on any atom is 0.257 e. The lowest BCUT2D eigenvalue weighted by molar-refractivity contribution is -0.114. The Morgan fingerprint density at radius 2 is 1.50 bits per heavy atom. The van der Waals surface area contributed by atoms with Crippen LogP contribution in [0.2, 0.25) is 0 Å². The summed E-state index contributed by atoms with van der Waals surface area (Å²) < 4.78 is 18.4. The summed E-state index contributed by atoms with van der Waals surface area (Å²) in [6.07, 6.45) is 0. The molecule has 0 atom stereocenters. The molecule has 30 heavy (non-hydrogen) atoms. The molecule has 3 aromatic carbocycles. The van der Waals surface area contributed by atoms with E-state index in [0.717, 1.165) is 5.75 Å². The molecule has 2 amide bonds. The number of carbonyl (C=O) groups is 2. The maximum atomic E-state index is 13.0. The number of amides is 2. The molecule has 0 aliphatic rings. The number of anilines is 3. The first kappa shape index (κ1) is 20.9. The zero-order valence-electron chi connectivity index (χ0n) is 16.4. The Balaban J connectivity index is 1.59. The minimum atomic E-state index is -0.381. The first-order valence-electron chi connectivity index (χ1n) is 9.47. The second-order valence-electron chi connectivity index (χ2n) is 6.37. The number of hydrogen-bond acceptors (Lipinski definition) is 4. The van der Waals surface area contributed by atoms with Crippen LogP contribution in [-0.2, 0) is 4.79 Å². The second kappa shape index (κ2) is 10.1. The number of ether oxygens (including phenoxy) is 1. The van der Waals surface area contributed by atoms with Crippen LogP contribution >= 0.6 is 0 Å². The SMILES string of the molecule is CCOc1ccc(NC(=O)CNc2ccccc2C(=O)Nc2ccc(F)cc2)cc1. The molecule has 0 fully saturated rings. The smallest absolute Gasteiger partial charge is 0.257 e. The van der Waals surface area contributed by atoms with Gasteiger partial charge in [-0.05, 0) is 67.6 Å². The third-order valence-corrected chi connectivity index (χ3v) is 4.16. The summed E-state index contributed by atoms with van der Waals surface area (Å²) in [5.74, 6) is -0.270. The molecule has 3 aromatic rings. The molecule has 0 radical (unpaired) electrons. The normalized spacial score (nSPS) is 10.2. The van der Waals surface area contributed by atoms with E-state index in [1.54, 1.807) is 48.5 Å². The fraction of sp³-hybridized carbons (Fsp3) is 0.130. The Morgan fingerprint density at radius 1 is 0.867 bits per heavy atom. The molecule has 0 aliphatic carbocycles. The molecule has 0 saturated heterocycles. The van der Waals surface area contributed by atoms with Crippen LogP contribution in [0, 0.1) is 5.82 Å². The largest absolute Gasteiger partial charge is 0.494 e. The van der Waals surface area contributed by atoms with E-state index in [-0.39, 0.29) is 24.2 Å². The lowest BCUT2D eigenvalue weighted by Gasteiger charge is -2.13. The average Bonchev–Trinajstić information content (AvgIpc) is 2.75. The Kier molecular flexibility index (Phi) is 7.00. The van der Waals surface area contributed by atoms with Crippen LogP contribution in [0.3, 0.4) is 0 Å². The van der Waals surface area contributed by atoms with Gasteiger partial charge in [-0.2, -0.15) is 0 Å². The number of nitrogens with one attached hydrogen (secondary N) is 3. The van der Waals surface area contributed by atoms with E-state index in [1.807, 2.05) is 6.92 Å². The lowest BCUT2D eigenvalue weighted by Crippen LogP contribution is -2.23. The lowest BCUT2D eigenvalue weighted by atomic mass is 10.1. The topological polar surface area (TPSA) is 79.5 Å². The molecular formula is C23H22FN3O3. The predicted molar refractivity (Wildman–Crippen MR) is 116 cm³/mol. The zero-order chi connectivity index (χ0) is 21.3. The summed E-state index contributed by atoms with van der Waals surface area (Å²) in [6, 6.07) is 19.4. The monoisotopic (exact) mass is 407 g/mol. The van der Waals surface area contributed by atoms with Gasteiger partial charge < -0.3 is 20.7 Å². The van der Waals surface area contributed by atoms with Gasteiger partial charge in [0, 0.05) is 17.1 Å². The number of halogens is 1. The van der Waals surface area contributed by atoms with Gasteiger partial charge in [0.15, 0.2) is 0 Å². The van der Waals surface area contributed by atoms with E-state index >= 15 is 0 Å². The van der Waals surface area contributed by atoms with E-state index < -0.39 is 0 Å². The molecule has 0 aromatic heterocycles. The fourth-order valence-electron chi connectivity index (χ4n) is 2.75. The molecule has 3 N–H and O–H groups in total. The molecule has 0 heterocycles. The van der Waals surface area contributed by atoms with Crippen LogP contribution in [0.25, 0.3) is 0 Å². The van der Waals surface area contributed by atoms with Crippen molar-refractivity contribution in [2.75, 3.05) is 29.1 Å². The Bertz CT molecular complexity index is 1000. The minimum absolute atomic E-state index is 0.0198. The Labute approximate surface area is 174 Å². The van der Waals surface area contributed by atoms with Crippen molar-refractivity contribution in [3.63, 3.8) is 0 Å². The van der Waals surface area contributed by atoms with Crippen molar-refractivity contribution in [2.45, 2.75) is 6.92 Å². The van der Waals surface area contributed by atoms with Crippen molar-refractivity contribution in [2.24, 2.45) is 0 Å². The molecule has 6 nitrogen and oxygen atoms in total. The molecule has 7 heteroatoms. The number of para-hydroxylation sites is 1. The Morgan fingerprint density at radius 3 is 2.20 bits per heavy atom. The summed E-state index contributed by atoms with van der Waals surface area (Å²) in [5.41, 5.74) is 2.01. The summed E-state index contributed by atoms with van der Waals surface area (Å²) in [6.45, 7) is 2.46. The van der Waals surface area contributed by atoms with Crippen molar-refractivity contribution < 1.29 is 18.7 Å². The quantitative estimate of drug-likeness (QED) is 0.513. The molecule has 0 bridgehead atoms. The van der Waals surface area contributed by atoms with Crippen molar-refractivity contribution in [1.82, 2.24) is 0 Å². The average molecular weight is 407 g/mol. The summed E-state index contributed by atoms with van der Waals surface area (Å²) in [7, 11) is 0. The molecule has 0 aliphatic heterocycles. The number of benzene rings is 3. The van der Waals surface area contributed by atoms with Crippen molar-refractivity contribution in [1.29, 1.82) is 0 Å². The third-order valence-electron chi connectivity index (χ3n) is 4.16. The second-order valence-corrected chi connectivity index (χ2v) is 6.37. The van der Waals surface area contributed by atoms with Gasteiger partial charge in [0.05, 0.1) is 18.7 Å². The van der Waals surface area contributed by atoms with Crippen LogP contribution in [0.15, 0.2) is 72.8 Å². The summed E-state index contributed by atoms with van der Waals surface area (Å²) >= 11 is 0. The standard InChI is InChI=1S/C23H22FN3O3/c1-2-30-19-13-11-17(12-14-19)26-22(28)15-25-21-6-4-3-5-20(21)23(29)27-18-9-7-16(24)8-10-18/h3-14,25H,2,15H2,1H3,(H,26,28)(H,27,29). The van der Waals surface area contributed by atoms with E-state index in [0.29, 0.717) is 29.2 Å². The van der Waals surface area contributed by atoms with E-state index in [2.05, 4.69) is 16.0 Å². The van der Waals surface area contributed by atoms with Crippen LogP contribution in [0.1, 0.15) is 17.3 Å². The number of hydrogen-bond donors (Lipinski definition) is 3. The molecule has 0 saturated carbocycles. The highest BCUT2D eigenvalue weighted by atomic mass is 19.1. The van der Waals surface area contributed by atoms with Gasteiger partial charge in [-0.3, -0.25) is 9.59 Å². The van der Waals surface area contributed by atoms with Gasteiger partial charge in [-0.25, -0.2) is 4.39 Å². The van der Waals surface area contributed by atoms with Gasteiger partial charge >= 0.3 is 0 Å². The first-order chi connectivity index (χ1) is 14.5. The summed E-state index contributed by atoms with van der Waals surface area (Å²) in [4.78, 5) is 24.8. The maximum absolute atomic E-state index is 13.0. The van der Waals surface area contributed by atoms with Crippen LogP contribution < -0.4 is 20.7 Å². The molecular weight excluding hydrogens is 385 g/mol. The fourth-order valence-corrected chi connectivity index (χ4v) is 2.75. The third kappa shape index (κ3) is 5.81. The molecule has 3 rings (SSSR count). The minimum Gasteiger partial charge on any atom is -0.494 e. The number of rotatable bonds is 8. The first-order valence-corrected chi connectivity index (χ1v) is 9.47.